The van der Waals surface area contributed by atoms with Crippen LogP contribution in [0.3, 0.4) is 0 Å². The summed E-state index contributed by atoms with van der Waals surface area (Å²) >= 11 is 0. The van der Waals surface area contributed by atoms with Crippen LogP contribution < -0.4 is 5.32 Å². The molecule has 0 saturated carbocycles. The Balaban J connectivity index is 2.40. The van der Waals surface area contributed by atoms with Gasteiger partial charge in [0, 0.05) is 24.8 Å². The predicted octanol–water partition coefficient (Wildman–Crippen LogP) is 2.76. The summed E-state index contributed by atoms with van der Waals surface area (Å²) in [6, 6.07) is 10.8. The van der Waals surface area contributed by atoms with Crippen LogP contribution in [0, 0.1) is 0 Å². The maximum Gasteiger partial charge on any atom is 0.0926 e. The average Bonchev–Trinajstić information content (AvgIpc) is 2.76. The second-order valence-electron chi connectivity index (χ2n) is 4.24. The van der Waals surface area contributed by atoms with E-state index in [0.717, 1.165) is 12.2 Å². The Labute approximate surface area is 102 Å². The lowest BCUT2D eigenvalue weighted by molar-refractivity contribution is 0.599. The lowest BCUT2D eigenvalue weighted by atomic mass is 9.99. The minimum Gasteiger partial charge on any atom is -0.310 e. The predicted molar refractivity (Wildman–Crippen MR) is 70.7 cm³/mol. The highest BCUT2D eigenvalue weighted by Crippen LogP contribution is 2.26. The van der Waals surface area contributed by atoms with E-state index in [9.17, 15) is 0 Å². The normalized spacial score (nSPS) is 12.6. The van der Waals surface area contributed by atoms with Gasteiger partial charge >= 0.3 is 0 Å². The fraction of sp³-hybridized carbons (Fsp3) is 0.357. The van der Waals surface area contributed by atoms with Gasteiger partial charge in [-0.3, -0.25) is 4.68 Å². The topological polar surface area (TPSA) is 29.9 Å². The number of nitrogens with one attached hydrogen (secondary N) is 1. The van der Waals surface area contributed by atoms with E-state index in [0.29, 0.717) is 6.04 Å². The Morgan fingerprint density at radius 2 is 2.06 bits per heavy atom. The lowest BCUT2D eigenvalue weighted by Gasteiger charge is -2.16. The molecule has 0 aliphatic carbocycles. The van der Waals surface area contributed by atoms with E-state index in [1.165, 1.54) is 11.1 Å². The molecule has 0 spiro atoms. The monoisotopic (exact) mass is 229 g/mol. The minimum absolute atomic E-state index is 0.346. The van der Waals surface area contributed by atoms with E-state index in [-0.39, 0.29) is 0 Å². The van der Waals surface area contributed by atoms with Crippen molar-refractivity contribution in [1.82, 2.24) is 15.1 Å². The van der Waals surface area contributed by atoms with Crippen LogP contribution in [0.5, 0.6) is 0 Å². The molecule has 0 aliphatic heterocycles. The van der Waals surface area contributed by atoms with Gasteiger partial charge in [-0.25, -0.2) is 0 Å². The lowest BCUT2D eigenvalue weighted by Crippen LogP contribution is -2.18. The third-order valence-electron chi connectivity index (χ3n) is 2.93. The number of hydrogen-bond donors (Lipinski definition) is 1. The molecular formula is C14H19N3. The number of rotatable bonds is 4. The molecule has 1 N–H and O–H groups in total. The van der Waals surface area contributed by atoms with Crippen molar-refractivity contribution in [3.05, 3.63) is 42.1 Å². The first-order valence-corrected chi connectivity index (χ1v) is 6.04. The van der Waals surface area contributed by atoms with E-state index in [4.69, 9.17) is 0 Å². The molecule has 1 aromatic heterocycles. The second kappa shape index (κ2) is 5.15. The molecule has 3 nitrogen and oxygen atoms in total. The van der Waals surface area contributed by atoms with Crippen molar-refractivity contribution in [2.75, 3.05) is 6.54 Å². The molecule has 0 amide bonds. The Bertz CT molecular complexity index is 488. The summed E-state index contributed by atoms with van der Waals surface area (Å²) in [5.74, 6) is 0. The molecular weight excluding hydrogens is 210 g/mol. The van der Waals surface area contributed by atoms with E-state index in [1.54, 1.807) is 0 Å². The summed E-state index contributed by atoms with van der Waals surface area (Å²) in [7, 11) is 1.94. The molecule has 1 heterocycles. The van der Waals surface area contributed by atoms with Gasteiger partial charge in [-0.2, -0.15) is 5.10 Å². The number of aryl methyl sites for hydroxylation is 1. The molecule has 0 radical (unpaired) electrons. The van der Waals surface area contributed by atoms with E-state index >= 15 is 0 Å². The van der Waals surface area contributed by atoms with Gasteiger partial charge in [0.25, 0.3) is 0 Å². The molecule has 1 aromatic carbocycles. The van der Waals surface area contributed by atoms with Gasteiger partial charge in [0.05, 0.1) is 5.69 Å². The molecule has 0 saturated heterocycles. The Morgan fingerprint density at radius 1 is 1.29 bits per heavy atom. The fourth-order valence-corrected chi connectivity index (χ4v) is 2.08. The smallest absolute Gasteiger partial charge is 0.0926 e. The van der Waals surface area contributed by atoms with Gasteiger partial charge in [0.15, 0.2) is 0 Å². The van der Waals surface area contributed by atoms with Gasteiger partial charge in [0.1, 0.15) is 0 Å². The minimum atomic E-state index is 0.346. The molecule has 3 heteroatoms. The zero-order valence-electron chi connectivity index (χ0n) is 10.6. The zero-order valence-corrected chi connectivity index (χ0v) is 10.6. The largest absolute Gasteiger partial charge is 0.310 e. The van der Waals surface area contributed by atoms with Crippen molar-refractivity contribution < 1.29 is 0 Å². The summed E-state index contributed by atoms with van der Waals surface area (Å²) in [6.45, 7) is 5.28. The molecule has 2 aromatic rings. The molecule has 0 bridgehead atoms. The number of benzene rings is 1. The van der Waals surface area contributed by atoms with Crippen molar-refractivity contribution >= 4 is 0 Å². The summed E-state index contributed by atoms with van der Waals surface area (Å²) in [6.07, 6.45) is 1.98. The van der Waals surface area contributed by atoms with Crippen LogP contribution in [-0.2, 0) is 7.05 Å². The SMILES string of the molecule is CCNC(C)c1ccccc1-c1ccn(C)n1. The van der Waals surface area contributed by atoms with Crippen molar-refractivity contribution in [2.45, 2.75) is 19.9 Å². The maximum absolute atomic E-state index is 4.47. The van der Waals surface area contributed by atoms with Crippen LogP contribution in [0.4, 0.5) is 0 Å². The highest BCUT2D eigenvalue weighted by Gasteiger charge is 2.11. The van der Waals surface area contributed by atoms with Crippen LogP contribution >= 0.6 is 0 Å². The standard InChI is InChI=1S/C14H19N3/c1-4-15-11(2)12-7-5-6-8-13(12)14-9-10-17(3)16-14/h5-11,15H,4H2,1-3H3. The third-order valence-corrected chi connectivity index (χ3v) is 2.93. The molecule has 0 aliphatic rings. The van der Waals surface area contributed by atoms with Crippen LogP contribution in [-0.4, -0.2) is 16.3 Å². The van der Waals surface area contributed by atoms with Crippen LogP contribution in [0.25, 0.3) is 11.3 Å². The van der Waals surface area contributed by atoms with E-state index in [1.807, 2.05) is 17.9 Å². The molecule has 90 valence electrons. The maximum atomic E-state index is 4.47. The van der Waals surface area contributed by atoms with Gasteiger partial charge in [-0.1, -0.05) is 31.2 Å². The summed E-state index contributed by atoms with van der Waals surface area (Å²) in [4.78, 5) is 0. The first-order chi connectivity index (χ1) is 8.22. The molecule has 0 fully saturated rings. The van der Waals surface area contributed by atoms with E-state index < -0.39 is 0 Å². The van der Waals surface area contributed by atoms with Crippen LogP contribution in [0.1, 0.15) is 25.5 Å². The Morgan fingerprint density at radius 3 is 2.71 bits per heavy atom. The number of aromatic nitrogens is 2. The average molecular weight is 229 g/mol. The zero-order chi connectivity index (χ0) is 12.3. The molecule has 1 unspecified atom stereocenters. The first kappa shape index (κ1) is 11.9. The molecule has 17 heavy (non-hydrogen) atoms. The van der Waals surface area contributed by atoms with Gasteiger partial charge in [-0.05, 0) is 25.1 Å². The van der Waals surface area contributed by atoms with Crippen LogP contribution in [0.2, 0.25) is 0 Å². The van der Waals surface area contributed by atoms with E-state index in [2.05, 4.69) is 54.6 Å². The Hall–Kier alpha value is -1.61. The van der Waals surface area contributed by atoms with Gasteiger partial charge in [0.2, 0.25) is 0 Å². The molecule has 1 atom stereocenters. The second-order valence-corrected chi connectivity index (χ2v) is 4.24. The Kier molecular flexibility index (Phi) is 3.59. The number of hydrogen-bond acceptors (Lipinski definition) is 2. The van der Waals surface area contributed by atoms with Crippen molar-refractivity contribution in [3.63, 3.8) is 0 Å². The highest BCUT2D eigenvalue weighted by atomic mass is 15.2. The molecule has 2 rings (SSSR count). The first-order valence-electron chi connectivity index (χ1n) is 6.04. The van der Waals surface area contributed by atoms with Gasteiger partial charge in [-0.15, -0.1) is 0 Å². The van der Waals surface area contributed by atoms with Gasteiger partial charge < -0.3 is 5.32 Å². The summed E-state index contributed by atoms with van der Waals surface area (Å²) in [5, 5.41) is 7.92. The van der Waals surface area contributed by atoms with Crippen molar-refractivity contribution in [3.8, 4) is 11.3 Å². The third kappa shape index (κ3) is 2.56. The highest BCUT2D eigenvalue weighted by molar-refractivity contribution is 5.63. The van der Waals surface area contributed by atoms with Crippen LogP contribution in [0.15, 0.2) is 36.5 Å². The quantitative estimate of drug-likeness (QED) is 0.873. The summed E-state index contributed by atoms with van der Waals surface area (Å²) in [5.41, 5.74) is 3.54. The fourth-order valence-electron chi connectivity index (χ4n) is 2.08. The summed E-state index contributed by atoms with van der Waals surface area (Å²) < 4.78 is 1.84. The van der Waals surface area contributed by atoms with Crippen molar-refractivity contribution in [2.24, 2.45) is 7.05 Å². The van der Waals surface area contributed by atoms with Crippen molar-refractivity contribution in [1.29, 1.82) is 0 Å². The number of nitrogens with zero attached hydrogens (tertiary/aromatic N) is 2.